The molecule has 0 atom stereocenters. The van der Waals surface area contributed by atoms with Gasteiger partial charge in [-0.25, -0.2) is 0 Å². The molecule has 0 aliphatic rings. The van der Waals surface area contributed by atoms with E-state index in [-0.39, 0.29) is 0 Å². The monoisotopic (exact) mass is 526 g/mol. The summed E-state index contributed by atoms with van der Waals surface area (Å²) in [6, 6.07) is 35.1. The van der Waals surface area contributed by atoms with Crippen LogP contribution in [0.3, 0.4) is 0 Å². The van der Waals surface area contributed by atoms with E-state index in [0.717, 1.165) is 33.2 Å². The van der Waals surface area contributed by atoms with Gasteiger partial charge < -0.3 is 8.82 Å². The van der Waals surface area contributed by atoms with Gasteiger partial charge in [0.2, 0.25) is 0 Å². The number of aryl methyl sites for hydroxylation is 3. The van der Waals surface area contributed by atoms with Gasteiger partial charge in [-0.3, -0.25) is 4.98 Å². The molecule has 9 aromatic rings. The van der Waals surface area contributed by atoms with E-state index in [4.69, 9.17) is 4.42 Å². The Bertz CT molecular complexity index is 2470. The van der Waals surface area contributed by atoms with E-state index in [1.165, 1.54) is 65.9 Å². The summed E-state index contributed by atoms with van der Waals surface area (Å²) in [6.45, 7) is 6.63. The minimum Gasteiger partial charge on any atom is -0.456 e. The summed E-state index contributed by atoms with van der Waals surface area (Å²) in [7, 11) is 0. The van der Waals surface area contributed by atoms with E-state index in [0.29, 0.717) is 0 Å². The topological polar surface area (TPSA) is 30.4 Å². The van der Waals surface area contributed by atoms with Crippen LogP contribution in [0.25, 0.3) is 82.4 Å². The SMILES string of the molecule is Cc1cc(C)c(-c2cc3c4cc(-c5ccccn5)ccc4n4c5cc6c(cc5c(c2)c34)oc2ccccc26)c(C)c1. The second kappa shape index (κ2) is 7.96. The Morgan fingerprint density at radius 3 is 2.07 bits per heavy atom. The molecule has 9 rings (SSSR count). The predicted molar refractivity (Wildman–Crippen MR) is 171 cm³/mol. The molecule has 194 valence electrons. The third-order valence-electron chi connectivity index (χ3n) is 8.81. The summed E-state index contributed by atoms with van der Waals surface area (Å²) < 4.78 is 8.81. The lowest BCUT2D eigenvalue weighted by atomic mass is 9.91. The highest BCUT2D eigenvalue weighted by atomic mass is 16.3. The fourth-order valence-electron chi connectivity index (χ4n) is 7.24. The zero-order valence-electron chi connectivity index (χ0n) is 23.1. The van der Waals surface area contributed by atoms with Crippen LogP contribution < -0.4 is 0 Å². The highest BCUT2D eigenvalue weighted by Gasteiger charge is 2.22. The van der Waals surface area contributed by atoms with Crippen molar-refractivity contribution < 1.29 is 4.42 Å². The summed E-state index contributed by atoms with van der Waals surface area (Å²) in [5.41, 5.74) is 14.1. The smallest absolute Gasteiger partial charge is 0.136 e. The van der Waals surface area contributed by atoms with Gasteiger partial charge in [-0.2, -0.15) is 0 Å². The molecule has 0 fully saturated rings. The maximum absolute atomic E-state index is 6.35. The number of furan rings is 1. The maximum atomic E-state index is 6.35. The molecule has 0 aliphatic heterocycles. The lowest BCUT2D eigenvalue weighted by Crippen LogP contribution is -1.90. The van der Waals surface area contributed by atoms with Gasteiger partial charge in [0.1, 0.15) is 11.2 Å². The Balaban J connectivity index is 1.47. The zero-order chi connectivity index (χ0) is 27.4. The summed E-state index contributed by atoms with van der Waals surface area (Å²) in [5, 5.41) is 7.29. The second-order valence-electron chi connectivity index (χ2n) is 11.4. The summed E-state index contributed by atoms with van der Waals surface area (Å²) >= 11 is 0. The molecule has 0 unspecified atom stereocenters. The van der Waals surface area contributed by atoms with Gasteiger partial charge >= 0.3 is 0 Å². The first kappa shape index (κ1) is 22.6. The first-order valence-electron chi connectivity index (χ1n) is 14.1. The van der Waals surface area contributed by atoms with Crippen LogP contribution >= 0.6 is 0 Å². The number of aromatic nitrogens is 2. The zero-order valence-corrected chi connectivity index (χ0v) is 23.1. The maximum Gasteiger partial charge on any atom is 0.136 e. The molecule has 0 amide bonds. The average molecular weight is 527 g/mol. The van der Waals surface area contributed by atoms with E-state index in [1.54, 1.807) is 0 Å². The molecule has 4 aromatic heterocycles. The number of rotatable bonds is 2. The van der Waals surface area contributed by atoms with Crippen LogP contribution in [0.15, 0.2) is 108 Å². The molecular formula is C38H26N2O. The van der Waals surface area contributed by atoms with Gasteiger partial charge in [0.05, 0.1) is 22.2 Å². The number of pyridine rings is 1. The normalized spacial score (nSPS) is 12.3. The van der Waals surface area contributed by atoms with Crippen LogP contribution in [0.4, 0.5) is 0 Å². The molecule has 0 radical (unpaired) electrons. The van der Waals surface area contributed by atoms with Gasteiger partial charge in [0.25, 0.3) is 0 Å². The molecule has 0 N–H and O–H groups in total. The lowest BCUT2D eigenvalue weighted by molar-refractivity contribution is 0.669. The third-order valence-corrected chi connectivity index (χ3v) is 8.81. The van der Waals surface area contributed by atoms with Gasteiger partial charge in [-0.1, -0.05) is 48.0 Å². The molecule has 0 saturated carbocycles. The van der Waals surface area contributed by atoms with E-state index < -0.39 is 0 Å². The Hall–Kier alpha value is -5.15. The molecule has 3 nitrogen and oxygen atoms in total. The highest BCUT2D eigenvalue weighted by molar-refractivity contribution is 6.26. The van der Waals surface area contributed by atoms with Crippen LogP contribution in [0.2, 0.25) is 0 Å². The fourth-order valence-corrected chi connectivity index (χ4v) is 7.24. The number of nitrogens with zero attached hydrogens (tertiary/aromatic N) is 2. The van der Waals surface area contributed by atoms with Crippen LogP contribution in [0.5, 0.6) is 0 Å². The second-order valence-corrected chi connectivity index (χ2v) is 11.4. The lowest BCUT2D eigenvalue weighted by Gasteiger charge is -2.12. The number of benzene rings is 5. The molecule has 5 aromatic carbocycles. The minimum absolute atomic E-state index is 0.925. The van der Waals surface area contributed by atoms with Crippen molar-refractivity contribution in [2.45, 2.75) is 20.8 Å². The summed E-state index contributed by atoms with van der Waals surface area (Å²) in [5.74, 6) is 0. The first-order chi connectivity index (χ1) is 20.0. The van der Waals surface area contributed by atoms with Gasteiger partial charge in [-0.15, -0.1) is 0 Å². The van der Waals surface area contributed by atoms with Crippen molar-refractivity contribution in [2.24, 2.45) is 0 Å². The summed E-state index contributed by atoms with van der Waals surface area (Å²) in [4.78, 5) is 4.65. The quantitative estimate of drug-likeness (QED) is 0.224. The molecule has 3 heteroatoms. The van der Waals surface area contributed by atoms with Crippen molar-refractivity contribution in [3.05, 3.63) is 120 Å². The molecular weight excluding hydrogens is 500 g/mol. The summed E-state index contributed by atoms with van der Waals surface area (Å²) in [6.07, 6.45) is 1.86. The molecule has 0 aliphatic carbocycles. The first-order valence-corrected chi connectivity index (χ1v) is 14.1. The van der Waals surface area contributed by atoms with Crippen molar-refractivity contribution in [1.29, 1.82) is 0 Å². The number of hydrogen-bond donors (Lipinski definition) is 0. The number of fused-ring (bicyclic) bond motifs is 9. The van der Waals surface area contributed by atoms with Crippen molar-refractivity contribution in [1.82, 2.24) is 9.38 Å². The molecule has 0 bridgehead atoms. The van der Waals surface area contributed by atoms with Crippen LogP contribution in [-0.4, -0.2) is 9.38 Å². The Labute approximate surface area is 236 Å². The third kappa shape index (κ3) is 3.06. The van der Waals surface area contributed by atoms with Gasteiger partial charge in [0, 0.05) is 44.1 Å². The van der Waals surface area contributed by atoms with Crippen LogP contribution in [0, 0.1) is 20.8 Å². The minimum atomic E-state index is 0.925. The molecule has 0 spiro atoms. The van der Waals surface area contributed by atoms with Gasteiger partial charge in [-0.05, 0) is 97.6 Å². The Kier molecular flexibility index (Phi) is 4.39. The number of hydrogen-bond acceptors (Lipinski definition) is 2. The molecule has 0 saturated heterocycles. The van der Waals surface area contributed by atoms with Crippen LogP contribution in [-0.2, 0) is 0 Å². The highest BCUT2D eigenvalue weighted by Crippen LogP contribution is 2.45. The van der Waals surface area contributed by atoms with Crippen molar-refractivity contribution in [3.8, 4) is 22.4 Å². The number of para-hydroxylation sites is 1. The van der Waals surface area contributed by atoms with Crippen molar-refractivity contribution in [3.63, 3.8) is 0 Å². The largest absolute Gasteiger partial charge is 0.456 e. The average Bonchev–Trinajstić information content (AvgIpc) is 3.61. The van der Waals surface area contributed by atoms with Crippen LogP contribution in [0.1, 0.15) is 16.7 Å². The van der Waals surface area contributed by atoms with E-state index in [2.05, 4.69) is 115 Å². The van der Waals surface area contributed by atoms with E-state index in [9.17, 15) is 0 Å². The molecule has 41 heavy (non-hydrogen) atoms. The van der Waals surface area contributed by atoms with Crippen molar-refractivity contribution >= 4 is 60.0 Å². The van der Waals surface area contributed by atoms with E-state index in [1.807, 2.05) is 18.3 Å². The predicted octanol–water partition coefficient (Wildman–Crippen LogP) is 10.4. The standard InChI is InChI=1S/C38H26N2O/c1-21-14-22(2)37(23(3)15-21)25-17-30-27-16-24(32-9-6-7-13-39-32)11-12-33(27)40-34-19-29-26-8-4-5-10-35(26)41-36(29)20-28(34)31(18-25)38(30)40/h4-20H,1-3H3. The Morgan fingerprint density at radius 2 is 1.29 bits per heavy atom. The van der Waals surface area contributed by atoms with Gasteiger partial charge in [0.15, 0.2) is 0 Å². The molecule has 4 heterocycles. The van der Waals surface area contributed by atoms with Crippen molar-refractivity contribution in [2.75, 3.05) is 0 Å². The van der Waals surface area contributed by atoms with E-state index >= 15 is 0 Å². The Morgan fingerprint density at radius 1 is 0.561 bits per heavy atom. The fraction of sp³-hybridized carbons (Fsp3) is 0.0789.